The molecule has 0 radical (unpaired) electrons. The molecule has 2 aromatic rings. The topological polar surface area (TPSA) is 50.2 Å². The smallest absolute Gasteiger partial charge is 0.312 e. The maximum absolute atomic E-state index is 11.3. The zero-order valence-corrected chi connectivity index (χ0v) is 13.4. The van der Waals surface area contributed by atoms with E-state index in [0.717, 1.165) is 34.0 Å². The molecule has 1 aromatic carbocycles. The van der Waals surface area contributed by atoms with Crippen molar-refractivity contribution in [1.82, 2.24) is 4.98 Å². The van der Waals surface area contributed by atoms with Crippen LogP contribution in [0.1, 0.15) is 39.9 Å². The van der Waals surface area contributed by atoms with Gasteiger partial charge in [0.2, 0.25) is 0 Å². The number of nitrogens with zero attached hydrogens (tertiary/aromatic N) is 1. The summed E-state index contributed by atoms with van der Waals surface area (Å²) in [6.45, 7) is 0. The van der Waals surface area contributed by atoms with Crippen molar-refractivity contribution in [1.29, 1.82) is 0 Å². The van der Waals surface area contributed by atoms with E-state index in [1.807, 2.05) is 12.1 Å². The third-order valence-electron chi connectivity index (χ3n) is 3.64. The Morgan fingerprint density at radius 2 is 2.19 bits per heavy atom. The molecule has 3 rings (SSSR count). The number of fused-ring (bicyclic) bond motifs is 1. The minimum Gasteiger partial charge on any atom is -0.481 e. The monoisotopic (exact) mass is 341 g/mol. The van der Waals surface area contributed by atoms with Gasteiger partial charge in [-0.2, -0.15) is 0 Å². The summed E-state index contributed by atoms with van der Waals surface area (Å²) in [6, 6.07) is 5.52. The van der Waals surface area contributed by atoms with Crippen molar-refractivity contribution in [2.75, 3.05) is 0 Å². The average molecular weight is 342 g/mol. The quantitative estimate of drug-likeness (QED) is 0.891. The van der Waals surface area contributed by atoms with Crippen LogP contribution in [0.15, 0.2) is 18.2 Å². The predicted molar refractivity (Wildman–Crippen MR) is 84.7 cm³/mol. The number of aryl methyl sites for hydroxylation is 1. The Bertz CT molecular complexity index is 699. The van der Waals surface area contributed by atoms with E-state index in [9.17, 15) is 9.90 Å². The van der Waals surface area contributed by atoms with Gasteiger partial charge in [0, 0.05) is 11.3 Å². The molecule has 1 heterocycles. The van der Waals surface area contributed by atoms with E-state index in [1.54, 1.807) is 17.4 Å². The highest BCUT2D eigenvalue weighted by Crippen LogP contribution is 2.35. The zero-order chi connectivity index (χ0) is 15.0. The first-order valence-electron chi connectivity index (χ1n) is 6.70. The molecule has 1 aliphatic carbocycles. The Hall–Kier alpha value is -1.10. The number of hydrogen-bond acceptors (Lipinski definition) is 3. The van der Waals surface area contributed by atoms with E-state index < -0.39 is 11.9 Å². The van der Waals surface area contributed by atoms with Crippen LogP contribution < -0.4 is 0 Å². The van der Waals surface area contributed by atoms with Gasteiger partial charge in [0.05, 0.1) is 26.7 Å². The third-order valence-corrected chi connectivity index (χ3v) is 5.51. The number of carboxylic acids is 1. The van der Waals surface area contributed by atoms with Crippen molar-refractivity contribution in [2.45, 2.75) is 31.6 Å². The SMILES string of the molecule is O=C(O)C1CCCc2sc(Cc3ccc(Cl)c(Cl)c3)nc21. The summed E-state index contributed by atoms with van der Waals surface area (Å²) in [5, 5.41) is 11.3. The Balaban J connectivity index is 1.87. The predicted octanol–water partition coefficient (Wildman–Crippen LogP) is 4.55. The molecule has 6 heteroatoms. The number of carbonyl (C=O) groups is 1. The molecule has 21 heavy (non-hydrogen) atoms. The largest absolute Gasteiger partial charge is 0.481 e. The van der Waals surface area contributed by atoms with E-state index in [-0.39, 0.29) is 0 Å². The minimum absolute atomic E-state index is 0.451. The fourth-order valence-corrected chi connectivity index (χ4v) is 4.14. The van der Waals surface area contributed by atoms with Crippen LogP contribution in [0.25, 0.3) is 0 Å². The molecular formula is C15H13Cl2NO2S. The van der Waals surface area contributed by atoms with Crippen LogP contribution in [0.4, 0.5) is 0 Å². The molecule has 1 aliphatic rings. The molecule has 0 bridgehead atoms. The second-order valence-corrected chi connectivity index (χ2v) is 7.11. The molecule has 0 saturated heterocycles. The van der Waals surface area contributed by atoms with Gasteiger partial charge < -0.3 is 5.11 Å². The van der Waals surface area contributed by atoms with Crippen molar-refractivity contribution in [3.63, 3.8) is 0 Å². The van der Waals surface area contributed by atoms with E-state index in [0.29, 0.717) is 22.9 Å². The average Bonchev–Trinajstić information content (AvgIpc) is 2.84. The standard InChI is InChI=1S/C15H13Cl2NO2S/c16-10-5-4-8(6-11(10)17)7-13-18-14-9(15(19)20)2-1-3-12(14)21-13/h4-6,9H,1-3,7H2,(H,19,20). The van der Waals surface area contributed by atoms with Crippen LogP contribution >= 0.6 is 34.5 Å². The molecule has 0 amide bonds. The third kappa shape index (κ3) is 3.07. The van der Waals surface area contributed by atoms with Gasteiger partial charge in [-0.05, 0) is 37.0 Å². The van der Waals surface area contributed by atoms with Gasteiger partial charge >= 0.3 is 5.97 Å². The Morgan fingerprint density at radius 3 is 2.90 bits per heavy atom. The lowest BCUT2D eigenvalue weighted by Crippen LogP contribution is -2.17. The number of halogens is 2. The maximum atomic E-state index is 11.3. The molecule has 1 atom stereocenters. The van der Waals surface area contributed by atoms with E-state index in [1.165, 1.54) is 0 Å². The molecule has 1 aromatic heterocycles. The number of aliphatic carboxylic acids is 1. The van der Waals surface area contributed by atoms with Crippen LogP contribution in [0, 0.1) is 0 Å². The molecule has 0 saturated carbocycles. The van der Waals surface area contributed by atoms with Gasteiger partial charge in [-0.25, -0.2) is 4.98 Å². The highest BCUT2D eigenvalue weighted by molar-refractivity contribution is 7.11. The van der Waals surface area contributed by atoms with Crippen LogP contribution in [-0.2, 0) is 17.6 Å². The summed E-state index contributed by atoms with van der Waals surface area (Å²) in [4.78, 5) is 17.0. The molecule has 0 spiro atoms. The van der Waals surface area contributed by atoms with Crippen LogP contribution in [-0.4, -0.2) is 16.1 Å². The van der Waals surface area contributed by atoms with Gasteiger partial charge in [-0.15, -0.1) is 11.3 Å². The van der Waals surface area contributed by atoms with Gasteiger partial charge in [0.15, 0.2) is 0 Å². The summed E-state index contributed by atoms with van der Waals surface area (Å²) >= 11 is 13.5. The van der Waals surface area contributed by atoms with Gasteiger partial charge in [-0.1, -0.05) is 29.3 Å². The normalized spacial score (nSPS) is 17.5. The van der Waals surface area contributed by atoms with Gasteiger partial charge in [0.1, 0.15) is 0 Å². The summed E-state index contributed by atoms with van der Waals surface area (Å²) in [7, 11) is 0. The van der Waals surface area contributed by atoms with Crippen molar-refractivity contribution < 1.29 is 9.90 Å². The summed E-state index contributed by atoms with van der Waals surface area (Å²) < 4.78 is 0. The molecular weight excluding hydrogens is 329 g/mol. The first-order chi connectivity index (χ1) is 10.0. The highest BCUT2D eigenvalue weighted by Gasteiger charge is 2.29. The summed E-state index contributed by atoms with van der Waals surface area (Å²) in [5.74, 6) is -1.23. The Labute approximate surface area is 136 Å². The molecule has 1 N–H and O–H groups in total. The first kappa shape index (κ1) is 14.8. The fourth-order valence-electron chi connectivity index (χ4n) is 2.61. The van der Waals surface area contributed by atoms with Crippen molar-refractivity contribution in [2.24, 2.45) is 0 Å². The Morgan fingerprint density at radius 1 is 1.38 bits per heavy atom. The van der Waals surface area contributed by atoms with Gasteiger partial charge in [0.25, 0.3) is 0 Å². The molecule has 1 unspecified atom stereocenters. The maximum Gasteiger partial charge on any atom is 0.312 e. The Kier molecular flexibility index (Phi) is 4.20. The summed E-state index contributed by atoms with van der Waals surface area (Å²) in [5.41, 5.74) is 1.79. The van der Waals surface area contributed by atoms with Crippen molar-refractivity contribution >= 4 is 40.5 Å². The molecule has 110 valence electrons. The van der Waals surface area contributed by atoms with E-state index in [4.69, 9.17) is 23.2 Å². The lowest BCUT2D eigenvalue weighted by Gasteiger charge is -2.16. The molecule has 3 nitrogen and oxygen atoms in total. The highest BCUT2D eigenvalue weighted by atomic mass is 35.5. The number of benzene rings is 1. The second kappa shape index (κ2) is 5.95. The van der Waals surface area contributed by atoms with Gasteiger partial charge in [-0.3, -0.25) is 4.79 Å². The number of carboxylic acid groups (broad SMARTS) is 1. The van der Waals surface area contributed by atoms with Crippen molar-refractivity contribution in [3.05, 3.63) is 49.4 Å². The fraction of sp³-hybridized carbons (Fsp3) is 0.333. The van der Waals surface area contributed by atoms with E-state index in [2.05, 4.69) is 4.98 Å². The number of rotatable bonds is 3. The van der Waals surface area contributed by atoms with Crippen LogP contribution in [0.5, 0.6) is 0 Å². The molecule has 0 aliphatic heterocycles. The second-order valence-electron chi connectivity index (χ2n) is 5.12. The lowest BCUT2D eigenvalue weighted by atomic mass is 9.91. The van der Waals surface area contributed by atoms with Crippen LogP contribution in [0.3, 0.4) is 0 Å². The summed E-state index contributed by atoms with van der Waals surface area (Å²) in [6.07, 6.45) is 3.18. The number of thiazole rings is 1. The van der Waals surface area contributed by atoms with Crippen molar-refractivity contribution in [3.8, 4) is 0 Å². The zero-order valence-electron chi connectivity index (χ0n) is 11.1. The lowest BCUT2D eigenvalue weighted by molar-refractivity contribution is -0.139. The number of aromatic nitrogens is 1. The van der Waals surface area contributed by atoms with E-state index >= 15 is 0 Å². The number of hydrogen-bond donors (Lipinski definition) is 1. The molecule has 0 fully saturated rings. The minimum atomic E-state index is -0.776. The van der Waals surface area contributed by atoms with Crippen LogP contribution in [0.2, 0.25) is 10.0 Å². The first-order valence-corrected chi connectivity index (χ1v) is 8.27.